The van der Waals surface area contributed by atoms with Crippen molar-refractivity contribution in [3.63, 3.8) is 0 Å². The molecule has 0 fully saturated rings. The maximum Gasteiger partial charge on any atom is 0.387 e. The molecule has 0 aliphatic heterocycles. The second-order valence-electron chi connectivity index (χ2n) is 6.77. The first kappa shape index (κ1) is 19.7. The first-order valence-corrected chi connectivity index (χ1v) is 9.28. The molecule has 4 nitrogen and oxygen atoms in total. The molecule has 1 aliphatic carbocycles. The van der Waals surface area contributed by atoms with Crippen LogP contribution in [0.3, 0.4) is 0 Å². The van der Waals surface area contributed by atoms with Crippen LogP contribution in [0.1, 0.15) is 11.3 Å². The van der Waals surface area contributed by atoms with Gasteiger partial charge in [-0.1, -0.05) is 36.4 Å². The molecule has 4 rings (SSSR count). The average molecular weight is 410 g/mol. The van der Waals surface area contributed by atoms with Crippen LogP contribution in [0, 0.1) is 11.7 Å². The molecule has 0 N–H and O–H groups in total. The number of ketones is 1. The summed E-state index contributed by atoms with van der Waals surface area (Å²) in [6, 6.07) is 14.8. The number of alkyl halides is 2. The SMILES string of the molecule is O=C1C=CC(Cc2ccc(OC(F)F)cc2F)C=C1c1ccnn1-c1ccccc1. The first-order valence-electron chi connectivity index (χ1n) is 9.28. The molecular weight excluding hydrogens is 393 g/mol. The van der Waals surface area contributed by atoms with Crippen molar-refractivity contribution in [3.8, 4) is 11.4 Å². The number of para-hydroxylation sites is 1. The number of aromatic nitrogens is 2. The van der Waals surface area contributed by atoms with Gasteiger partial charge in [0, 0.05) is 17.6 Å². The van der Waals surface area contributed by atoms with Crippen molar-refractivity contribution in [2.75, 3.05) is 0 Å². The van der Waals surface area contributed by atoms with Crippen molar-refractivity contribution in [2.45, 2.75) is 13.0 Å². The van der Waals surface area contributed by atoms with E-state index in [1.165, 1.54) is 18.2 Å². The number of allylic oxidation sites excluding steroid dienone is 4. The summed E-state index contributed by atoms with van der Waals surface area (Å²) >= 11 is 0. The fourth-order valence-corrected chi connectivity index (χ4v) is 3.40. The van der Waals surface area contributed by atoms with Crippen LogP contribution in [0.2, 0.25) is 0 Å². The largest absolute Gasteiger partial charge is 0.435 e. The van der Waals surface area contributed by atoms with Crippen LogP contribution >= 0.6 is 0 Å². The molecule has 0 bridgehead atoms. The number of nitrogens with zero attached hydrogens (tertiary/aromatic N) is 2. The molecule has 1 aliphatic rings. The number of carbonyl (C=O) groups is 1. The molecular formula is C23H17F3N2O2. The zero-order valence-electron chi connectivity index (χ0n) is 15.7. The van der Waals surface area contributed by atoms with Gasteiger partial charge in [0.05, 0.1) is 17.6 Å². The van der Waals surface area contributed by atoms with Crippen LogP contribution in [0.15, 0.2) is 79.0 Å². The fourth-order valence-electron chi connectivity index (χ4n) is 3.40. The van der Waals surface area contributed by atoms with E-state index in [1.807, 2.05) is 30.3 Å². The summed E-state index contributed by atoms with van der Waals surface area (Å²) in [6.45, 7) is -3.01. The maximum atomic E-state index is 14.3. The Labute approximate surface area is 170 Å². The number of rotatable bonds is 6. The van der Waals surface area contributed by atoms with E-state index in [0.717, 1.165) is 11.8 Å². The van der Waals surface area contributed by atoms with Gasteiger partial charge in [0.25, 0.3) is 0 Å². The van der Waals surface area contributed by atoms with Gasteiger partial charge in [-0.15, -0.1) is 0 Å². The van der Waals surface area contributed by atoms with Gasteiger partial charge in [-0.25, -0.2) is 9.07 Å². The van der Waals surface area contributed by atoms with E-state index in [0.29, 0.717) is 16.8 Å². The Balaban J connectivity index is 1.60. The lowest BCUT2D eigenvalue weighted by Crippen LogP contribution is -2.13. The number of hydrogen-bond acceptors (Lipinski definition) is 3. The normalized spacial score (nSPS) is 16.1. The van der Waals surface area contributed by atoms with E-state index in [9.17, 15) is 18.0 Å². The van der Waals surface area contributed by atoms with Crippen LogP contribution in [-0.4, -0.2) is 22.2 Å². The van der Waals surface area contributed by atoms with Gasteiger partial charge in [0.1, 0.15) is 11.6 Å². The Morgan fingerprint density at radius 1 is 1.10 bits per heavy atom. The first-order chi connectivity index (χ1) is 14.5. The highest BCUT2D eigenvalue weighted by Crippen LogP contribution is 2.28. The van der Waals surface area contributed by atoms with Crippen molar-refractivity contribution >= 4 is 11.4 Å². The Kier molecular flexibility index (Phi) is 5.52. The van der Waals surface area contributed by atoms with Crippen molar-refractivity contribution in [3.05, 3.63) is 96.1 Å². The summed E-state index contributed by atoms with van der Waals surface area (Å²) in [6.07, 6.45) is 6.84. The van der Waals surface area contributed by atoms with Gasteiger partial charge >= 0.3 is 6.61 Å². The molecule has 0 radical (unpaired) electrons. The zero-order valence-corrected chi connectivity index (χ0v) is 15.7. The lowest BCUT2D eigenvalue weighted by molar-refractivity contribution is -0.109. The van der Waals surface area contributed by atoms with Crippen LogP contribution in [0.4, 0.5) is 13.2 Å². The molecule has 0 spiro atoms. The quantitative estimate of drug-likeness (QED) is 0.575. The topological polar surface area (TPSA) is 44.1 Å². The van der Waals surface area contributed by atoms with Crippen LogP contribution in [-0.2, 0) is 11.2 Å². The fraction of sp³-hybridized carbons (Fsp3) is 0.130. The summed E-state index contributed by atoms with van der Waals surface area (Å²) in [5.74, 6) is -1.27. The molecule has 2 aromatic carbocycles. The third-order valence-electron chi connectivity index (χ3n) is 4.77. The van der Waals surface area contributed by atoms with Crippen molar-refractivity contribution in [2.24, 2.45) is 5.92 Å². The van der Waals surface area contributed by atoms with E-state index in [2.05, 4.69) is 9.84 Å². The van der Waals surface area contributed by atoms with Gasteiger partial charge in [-0.3, -0.25) is 4.79 Å². The van der Waals surface area contributed by atoms with E-state index < -0.39 is 12.4 Å². The molecule has 3 aromatic rings. The van der Waals surface area contributed by atoms with Gasteiger partial charge < -0.3 is 4.74 Å². The molecule has 1 atom stereocenters. The predicted octanol–water partition coefficient (Wildman–Crippen LogP) is 4.99. The van der Waals surface area contributed by atoms with Crippen LogP contribution in [0.25, 0.3) is 11.3 Å². The molecule has 152 valence electrons. The molecule has 1 aromatic heterocycles. The van der Waals surface area contributed by atoms with E-state index in [1.54, 1.807) is 29.1 Å². The number of hydrogen-bond donors (Lipinski definition) is 0. The Morgan fingerprint density at radius 2 is 1.90 bits per heavy atom. The summed E-state index contributed by atoms with van der Waals surface area (Å²) in [4.78, 5) is 12.5. The van der Waals surface area contributed by atoms with Crippen molar-refractivity contribution in [1.29, 1.82) is 0 Å². The standard InChI is InChI=1S/C23H17F3N2O2/c24-20-14-18(30-23(25)26)8-7-16(20)12-15-6-9-22(29)19(13-15)21-10-11-27-28(21)17-4-2-1-3-5-17/h1-11,13-15,23H,12H2. The van der Waals surface area contributed by atoms with Gasteiger partial charge in [-0.2, -0.15) is 13.9 Å². The highest BCUT2D eigenvalue weighted by molar-refractivity contribution is 6.26. The Bertz CT molecular complexity index is 1120. The molecule has 0 saturated carbocycles. The highest BCUT2D eigenvalue weighted by Gasteiger charge is 2.21. The number of benzene rings is 2. The molecule has 7 heteroatoms. The van der Waals surface area contributed by atoms with Gasteiger partial charge in [-0.05, 0) is 42.3 Å². The van der Waals surface area contributed by atoms with Crippen LogP contribution < -0.4 is 4.74 Å². The van der Waals surface area contributed by atoms with Crippen molar-refractivity contribution in [1.82, 2.24) is 9.78 Å². The molecule has 0 saturated heterocycles. The smallest absolute Gasteiger partial charge is 0.387 e. The van der Waals surface area contributed by atoms with Gasteiger partial charge in [0.2, 0.25) is 0 Å². The van der Waals surface area contributed by atoms with Crippen LogP contribution in [0.5, 0.6) is 5.75 Å². The zero-order chi connectivity index (χ0) is 21.1. The molecule has 0 amide bonds. The minimum Gasteiger partial charge on any atom is -0.435 e. The molecule has 1 unspecified atom stereocenters. The number of ether oxygens (including phenoxy) is 1. The Morgan fingerprint density at radius 3 is 2.63 bits per heavy atom. The average Bonchev–Trinajstić information content (AvgIpc) is 3.21. The summed E-state index contributed by atoms with van der Waals surface area (Å²) in [5, 5.41) is 4.32. The lowest BCUT2D eigenvalue weighted by Gasteiger charge is -2.17. The lowest BCUT2D eigenvalue weighted by atomic mass is 9.89. The highest BCUT2D eigenvalue weighted by atomic mass is 19.3. The monoisotopic (exact) mass is 410 g/mol. The second-order valence-corrected chi connectivity index (χ2v) is 6.77. The summed E-state index contributed by atoms with van der Waals surface area (Å²) < 4.78 is 44.8. The van der Waals surface area contributed by atoms with Crippen molar-refractivity contribution < 1.29 is 22.7 Å². The summed E-state index contributed by atoms with van der Waals surface area (Å²) in [5.41, 5.74) is 2.27. The maximum absolute atomic E-state index is 14.3. The number of halogens is 3. The summed E-state index contributed by atoms with van der Waals surface area (Å²) in [7, 11) is 0. The molecule has 30 heavy (non-hydrogen) atoms. The number of carbonyl (C=O) groups excluding carboxylic acids is 1. The third kappa shape index (κ3) is 4.20. The Hall–Kier alpha value is -3.61. The second kappa shape index (κ2) is 8.41. The molecule has 1 heterocycles. The minimum atomic E-state index is -3.01. The van der Waals surface area contributed by atoms with E-state index in [-0.39, 0.29) is 23.9 Å². The third-order valence-corrected chi connectivity index (χ3v) is 4.77. The van der Waals surface area contributed by atoms with Gasteiger partial charge in [0.15, 0.2) is 5.78 Å². The van der Waals surface area contributed by atoms with E-state index in [4.69, 9.17) is 0 Å². The predicted molar refractivity (Wildman–Crippen MR) is 106 cm³/mol. The van der Waals surface area contributed by atoms with E-state index >= 15 is 0 Å². The minimum absolute atomic E-state index is 0.162.